The third-order valence-electron chi connectivity index (χ3n) is 3.41. The van der Waals surface area contributed by atoms with E-state index in [9.17, 15) is 9.59 Å². The predicted octanol–water partition coefficient (Wildman–Crippen LogP) is 4.17. The van der Waals surface area contributed by atoms with Crippen molar-refractivity contribution in [2.24, 2.45) is 11.8 Å². The third-order valence-corrected chi connectivity index (χ3v) is 3.41. The van der Waals surface area contributed by atoms with E-state index in [0.29, 0.717) is 6.42 Å². The van der Waals surface area contributed by atoms with Crippen molar-refractivity contribution in [3.05, 3.63) is 0 Å². The number of aldehydes is 1. The van der Waals surface area contributed by atoms with Crippen molar-refractivity contribution in [2.45, 2.75) is 72.1 Å². The molecule has 0 bridgehead atoms. The van der Waals surface area contributed by atoms with E-state index in [4.69, 9.17) is 0 Å². The number of ketones is 1. The van der Waals surface area contributed by atoms with Crippen LogP contribution in [0.1, 0.15) is 72.1 Å². The van der Waals surface area contributed by atoms with Gasteiger partial charge in [-0.1, -0.05) is 52.4 Å². The summed E-state index contributed by atoms with van der Waals surface area (Å²) in [7, 11) is 0. The van der Waals surface area contributed by atoms with Gasteiger partial charge in [0.05, 0.1) is 0 Å². The SMILES string of the molecule is CCCCCCCCC(C=O)C(C)CC(C)=O. The normalized spacial score (nSPS) is 14.3. The first kappa shape index (κ1) is 16.3. The van der Waals surface area contributed by atoms with E-state index < -0.39 is 0 Å². The molecule has 0 amide bonds. The molecule has 2 atom stereocenters. The Labute approximate surface area is 106 Å². The average Bonchev–Trinajstić information content (AvgIpc) is 2.27. The Morgan fingerprint density at radius 2 is 1.71 bits per heavy atom. The first-order valence-electron chi connectivity index (χ1n) is 7.06. The lowest BCUT2D eigenvalue weighted by atomic mass is 9.87. The predicted molar refractivity (Wildman–Crippen MR) is 72.0 cm³/mol. The van der Waals surface area contributed by atoms with Crippen LogP contribution in [0.3, 0.4) is 0 Å². The van der Waals surface area contributed by atoms with E-state index in [2.05, 4.69) is 6.92 Å². The molecule has 0 fully saturated rings. The summed E-state index contributed by atoms with van der Waals surface area (Å²) in [6, 6.07) is 0. The van der Waals surface area contributed by atoms with E-state index in [1.54, 1.807) is 6.92 Å². The van der Waals surface area contributed by atoms with Crippen LogP contribution in [0.2, 0.25) is 0 Å². The Hall–Kier alpha value is -0.660. The number of hydrogen-bond acceptors (Lipinski definition) is 2. The number of carbonyl (C=O) groups excluding carboxylic acids is 2. The summed E-state index contributed by atoms with van der Waals surface area (Å²) in [6.07, 6.45) is 10.0. The van der Waals surface area contributed by atoms with Gasteiger partial charge < -0.3 is 9.59 Å². The molecule has 2 heteroatoms. The summed E-state index contributed by atoms with van der Waals surface area (Å²) in [4.78, 5) is 22.0. The topological polar surface area (TPSA) is 34.1 Å². The van der Waals surface area contributed by atoms with Crippen LogP contribution in [0, 0.1) is 11.8 Å². The zero-order valence-electron chi connectivity index (χ0n) is 11.7. The summed E-state index contributed by atoms with van der Waals surface area (Å²) < 4.78 is 0. The molecule has 0 aliphatic rings. The summed E-state index contributed by atoms with van der Waals surface area (Å²) in [5.74, 6) is 0.470. The highest BCUT2D eigenvalue weighted by molar-refractivity contribution is 5.76. The standard InChI is InChI=1S/C15H28O2/c1-4-5-6-7-8-9-10-15(12-16)13(2)11-14(3)17/h12-13,15H,4-11H2,1-3H3. The lowest BCUT2D eigenvalue weighted by molar-refractivity contribution is -0.119. The van der Waals surface area contributed by atoms with E-state index in [1.165, 1.54) is 32.1 Å². The van der Waals surface area contributed by atoms with Crippen LogP contribution in [0.4, 0.5) is 0 Å². The van der Waals surface area contributed by atoms with Crippen LogP contribution in [0.5, 0.6) is 0 Å². The molecule has 2 nitrogen and oxygen atoms in total. The van der Waals surface area contributed by atoms with E-state index in [1.807, 2.05) is 6.92 Å². The zero-order valence-corrected chi connectivity index (χ0v) is 11.7. The molecule has 17 heavy (non-hydrogen) atoms. The maximum atomic E-state index is 11.0. The molecule has 0 heterocycles. The molecule has 0 spiro atoms. The minimum Gasteiger partial charge on any atom is -0.303 e. The van der Waals surface area contributed by atoms with Gasteiger partial charge in [-0.15, -0.1) is 0 Å². The van der Waals surface area contributed by atoms with Gasteiger partial charge in [0.25, 0.3) is 0 Å². The average molecular weight is 240 g/mol. The van der Waals surface area contributed by atoms with Crippen LogP contribution in [0.25, 0.3) is 0 Å². The van der Waals surface area contributed by atoms with Crippen LogP contribution < -0.4 is 0 Å². The third kappa shape index (κ3) is 9.08. The molecule has 0 saturated carbocycles. The van der Waals surface area contributed by atoms with Crippen molar-refractivity contribution < 1.29 is 9.59 Å². The summed E-state index contributed by atoms with van der Waals surface area (Å²) in [5, 5.41) is 0. The molecular weight excluding hydrogens is 212 g/mol. The smallest absolute Gasteiger partial charge is 0.130 e. The largest absolute Gasteiger partial charge is 0.303 e. The second-order valence-corrected chi connectivity index (χ2v) is 5.24. The molecular formula is C15H28O2. The van der Waals surface area contributed by atoms with Crippen LogP contribution in [-0.4, -0.2) is 12.1 Å². The molecule has 0 aromatic rings. The Bertz CT molecular complexity index is 211. The maximum Gasteiger partial charge on any atom is 0.130 e. The van der Waals surface area contributed by atoms with Gasteiger partial charge in [-0.2, -0.15) is 0 Å². The first-order chi connectivity index (χ1) is 8.11. The lowest BCUT2D eigenvalue weighted by Gasteiger charge is -2.17. The van der Waals surface area contributed by atoms with E-state index >= 15 is 0 Å². The second kappa shape index (κ2) is 10.5. The van der Waals surface area contributed by atoms with Gasteiger partial charge in [-0.3, -0.25) is 0 Å². The van der Waals surface area contributed by atoms with Crippen molar-refractivity contribution in [1.29, 1.82) is 0 Å². The highest BCUT2D eigenvalue weighted by atomic mass is 16.1. The van der Waals surface area contributed by atoms with E-state index in [0.717, 1.165) is 19.1 Å². The highest BCUT2D eigenvalue weighted by Crippen LogP contribution is 2.20. The van der Waals surface area contributed by atoms with Crippen LogP contribution in [-0.2, 0) is 9.59 Å². The summed E-state index contributed by atoms with van der Waals surface area (Å²) >= 11 is 0. The molecule has 100 valence electrons. The molecule has 0 aliphatic heterocycles. The molecule has 2 unspecified atom stereocenters. The van der Waals surface area contributed by atoms with Crippen LogP contribution >= 0.6 is 0 Å². The van der Waals surface area contributed by atoms with Gasteiger partial charge in [-0.25, -0.2) is 0 Å². The van der Waals surface area contributed by atoms with Gasteiger partial charge >= 0.3 is 0 Å². The Morgan fingerprint density at radius 1 is 1.12 bits per heavy atom. The Morgan fingerprint density at radius 3 is 2.24 bits per heavy atom. The first-order valence-corrected chi connectivity index (χ1v) is 7.06. The maximum absolute atomic E-state index is 11.0. The number of hydrogen-bond donors (Lipinski definition) is 0. The van der Waals surface area contributed by atoms with Crippen molar-refractivity contribution in [3.63, 3.8) is 0 Å². The molecule has 0 radical (unpaired) electrons. The number of unbranched alkanes of at least 4 members (excludes halogenated alkanes) is 5. The van der Waals surface area contributed by atoms with E-state index in [-0.39, 0.29) is 17.6 Å². The number of Topliss-reactive ketones (excluding diaryl/α,β-unsaturated/α-hetero) is 1. The van der Waals surface area contributed by atoms with Crippen molar-refractivity contribution in [2.75, 3.05) is 0 Å². The van der Waals surface area contributed by atoms with Gasteiger partial charge in [0, 0.05) is 12.3 Å². The van der Waals surface area contributed by atoms with Crippen molar-refractivity contribution in [3.8, 4) is 0 Å². The second-order valence-electron chi connectivity index (χ2n) is 5.24. The zero-order chi connectivity index (χ0) is 13.1. The molecule has 0 aliphatic carbocycles. The van der Waals surface area contributed by atoms with Crippen molar-refractivity contribution >= 4 is 12.1 Å². The number of rotatable bonds is 11. The van der Waals surface area contributed by atoms with Gasteiger partial charge in [0.15, 0.2) is 0 Å². The Kier molecular flexibility index (Phi) is 10.1. The summed E-state index contributed by atoms with van der Waals surface area (Å²) in [6.45, 7) is 5.83. The highest BCUT2D eigenvalue weighted by Gasteiger charge is 2.17. The van der Waals surface area contributed by atoms with Gasteiger partial charge in [0.2, 0.25) is 0 Å². The Balaban J connectivity index is 3.67. The lowest BCUT2D eigenvalue weighted by Crippen LogP contribution is -2.16. The molecule has 0 saturated heterocycles. The minimum absolute atomic E-state index is 0.0741. The van der Waals surface area contributed by atoms with Crippen molar-refractivity contribution in [1.82, 2.24) is 0 Å². The minimum atomic E-state index is 0.0741. The molecule has 0 N–H and O–H groups in total. The quantitative estimate of drug-likeness (QED) is 0.401. The van der Waals surface area contributed by atoms with Gasteiger partial charge in [0.1, 0.15) is 12.1 Å². The van der Waals surface area contributed by atoms with Crippen LogP contribution in [0.15, 0.2) is 0 Å². The number of carbonyl (C=O) groups is 2. The molecule has 0 aromatic heterocycles. The molecule has 0 rings (SSSR count). The molecule has 0 aromatic carbocycles. The summed E-state index contributed by atoms with van der Waals surface area (Å²) in [5.41, 5.74) is 0. The monoisotopic (exact) mass is 240 g/mol. The fourth-order valence-electron chi connectivity index (χ4n) is 2.25. The fourth-order valence-corrected chi connectivity index (χ4v) is 2.25. The fraction of sp³-hybridized carbons (Fsp3) is 0.867. The van der Waals surface area contributed by atoms with Gasteiger partial charge in [-0.05, 0) is 19.3 Å².